The molecule has 2 aromatic carbocycles. The number of nitriles is 1. The van der Waals surface area contributed by atoms with E-state index < -0.39 is 0 Å². The van der Waals surface area contributed by atoms with E-state index in [4.69, 9.17) is 19.5 Å². The number of nitrogens with one attached hydrogen (secondary N) is 1. The van der Waals surface area contributed by atoms with E-state index in [1.165, 1.54) is 0 Å². The van der Waals surface area contributed by atoms with Crippen LogP contribution in [0.3, 0.4) is 0 Å². The number of fused-ring (bicyclic) bond motifs is 1. The molecule has 0 spiro atoms. The van der Waals surface area contributed by atoms with Gasteiger partial charge in [-0.15, -0.1) is 0 Å². The molecule has 2 aromatic rings. The molecule has 1 amide bonds. The summed E-state index contributed by atoms with van der Waals surface area (Å²) in [6.45, 7) is 3.22. The lowest BCUT2D eigenvalue weighted by Crippen LogP contribution is -2.37. The lowest BCUT2D eigenvalue weighted by molar-refractivity contribution is -0.123. The van der Waals surface area contributed by atoms with Gasteiger partial charge in [-0.25, -0.2) is 0 Å². The summed E-state index contributed by atoms with van der Waals surface area (Å²) in [6, 6.07) is 13.2. The highest BCUT2D eigenvalue weighted by Crippen LogP contribution is 2.36. The van der Waals surface area contributed by atoms with Gasteiger partial charge in [-0.05, 0) is 47.0 Å². The van der Waals surface area contributed by atoms with Crippen LogP contribution in [0.15, 0.2) is 40.9 Å². The number of hydrogen-bond acceptors (Lipinski definition) is 5. The Morgan fingerprint density at radius 2 is 2.18 bits per heavy atom. The summed E-state index contributed by atoms with van der Waals surface area (Å²) in [5.74, 6) is 1.75. The first-order valence-corrected chi connectivity index (χ1v) is 9.86. The van der Waals surface area contributed by atoms with Crippen molar-refractivity contribution in [2.45, 2.75) is 13.3 Å². The number of rotatable bonds is 7. The Morgan fingerprint density at radius 1 is 1.36 bits per heavy atom. The predicted octanol–water partition coefficient (Wildman–Crippen LogP) is 3.47. The second kappa shape index (κ2) is 9.47. The summed E-state index contributed by atoms with van der Waals surface area (Å²) in [6.07, 6.45) is 0.868. The van der Waals surface area contributed by atoms with Crippen molar-refractivity contribution < 1.29 is 19.0 Å². The number of benzene rings is 2. The van der Waals surface area contributed by atoms with E-state index >= 15 is 0 Å². The largest absolute Gasteiger partial charge is 0.493 e. The SMILES string of the molecule is CCOc1cc(C#N)cc(Br)c1OCC(=O)NCC1COc2ccccc2C1. The number of carbonyl (C=O) groups is 1. The highest BCUT2D eigenvalue weighted by Gasteiger charge is 2.20. The Kier molecular flexibility index (Phi) is 6.77. The molecule has 0 fully saturated rings. The molecule has 3 rings (SSSR count). The van der Waals surface area contributed by atoms with Gasteiger partial charge in [-0.2, -0.15) is 5.26 Å². The number of halogens is 1. The molecule has 1 atom stereocenters. The third kappa shape index (κ3) is 4.96. The van der Waals surface area contributed by atoms with Gasteiger partial charge in [0.2, 0.25) is 0 Å². The maximum atomic E-state index is 12.2. The van der Waals surface area contributed by atoms with Crippen LogP contribution < -0.4 is 19.5 Å². The molecule has 0 saturated heterocycles. The van der Waals surface area contributed by atoms with Crippen molar-refractivity contribution in [1.82, 2.24) is 5.32 Å². The summed E-state index contributed by atoms with van der Waals surface area (Å²) in [4.78, 5) is 12.2. The van der Waals surface area contributed by atoms with E-state index in [0.29, 0.717) is 41.3 Å². The third-order valence-corrected chi connectivity index (χ3v) is 4.92. The highest BCUT2D eigenvalue weighted by molar-refractivity contribution is 9.10. The van der Waals surface area contributed by atoms with Crippen LogP contribution in [0.4, 0.5) is 0 Å². The van der Waals surface area contributed by atoms with Gasteiger partial charge < -0.3 is 19.5 Å². The van der Waals surface area contributed by atoms with E-state index in [0.717, 1.165) is 17.7 Å². The van der Waals surface area contributed by atoms with Gasteiger partial charge in [0.05, 0.1) is 29.3 Å². The second-order valence-electron chi connectivity index (χ2n) is 6.41. The zero-order valence-corrected chi connectivity index (χ0v) is 17.1. The van der Waals surface area contributed by atoms with Gasteiger partial charge in [0, 0.05) is 18.5 Å². The van der Waals surface area contributed by atoms with Crippen molar-refractivity contribution in [3.63, 3.8) is 0 Å². The molecule has 1 N–H and O–H groups in total. The molecular weight excluding hydrogens is 424 g/mol. The van der Waals surface area contributed by atoms with Crippen LogP contribution in [0, 0.1) is 17.2 Å². The number of nitrogens with zero attached hydrogens (tertiary/aromatic N) is 1. The summed E-state index contributed by atoms with van der Waals surface area (Å²) in [5.41, 5.74) is 1.61. The molecule has 1 aliphatic rings. The number of amides is 1. The van der Waals surface area contributed by atoms with Crippen molar-refractivity contribution in [1.29, 1.82) is 5.26 Å². The number of carbonyl (C=O) groups excluding carboxylic acids is 1. The maximum absolute atomic E-state index is 12.2. The molecule has 0 aromatic heterocycles. The minimum atomic E-state index is -0.224. The van der Waals surface area contributed by atoms with E-state index in [9.17, 15) is 4.79 Å². The van der Waals surface area contributed by atoms with Crippen molar-refractivity contribution in [2.75, 3.05) is 26.4 Å². The molecule has 0 bridgehead atoms. The first-order valence-electron chi connectivity index (χ1n) is 9.07. The van der Waals surface area contributed by atoms with Crippen LogP contribution in [-0.4, -0.2) is 32.3 Å². The van der Waals surface area contributed by atoms with E-state index in [1.54, 1.807) is 12.1 Å². The van der Waals surface area contributed by atoms with Gasteiger partial charge in [-0.1, -0.05) is 18.2 Å². The zero-order chi connectivity index (χ0) is 19.9. The minimum Gasteiger partial charge on any atom is -0.493 e. The molecule has 1 heterocycles. The molecule has 0 radical (unpaired) electrons. The normalized spacial score (nSPS) is 15.0. The van der Waals surface area contributed by atoms with Crippen molar-refractivity contribution in [2.24, 2.45) is 5.92 Å². The molecule has 146 valence electrons. The summed E-state index contributed by atoms with van der Waals surface area (Å²) in [5, 5.41) is 12.0. The van der Waals surface area contributed by atoms with Gasteiger partial charge in [0.25, 0.3) is 5.91 Å². The minimum absolute atomic E-state index is 0.144. The monoisotopic (exact) mass is 444 g/mol. The fraction of sp³-hybridized carbons (Fsp3) is 0.333. The molecule has 28 heavy (non-hydrogen) atoms. The topological polar surface area (TPSA) is 80.6 Å². The van der Waals surface area contributed by atoms with Crippen molar-refractivity contribution >= 4 is 21.8 Å². The molecule has 0 aliphatic carbocycles. The molecule has 1 aliphatic heterocycles. The van der Waals surface area contributed by atoms with Gasteiger partial charge in [0.15, 0.2) is 18.1 Å². The first kappa shape index (κ1) is 20.0. The zero-order valence-electron chi connectivity index (χ0n) is 15.5. The molecule has 7 heteroatoms. The van der Waals surface area contributed by atoms with Crippen LogP contribution in [-0.2, 0) is 11.2 Å². The lowest BCUT2D eigenvalue weighted by Gasteiger charge is -2.25. The van der Waals surface area contributed by atoms with E-state index in [2.05, 4.69) is 27.3 Å². The van der Waals surface area contributed by atoms with Crippen LogP contribution in [0.2, 0.25) is 0 Å². The Labute approximate surface area is 172 Å². The van der Waals surface area contributed by atoms with Crippen LogP contribution >= 0.6 is 15.9 Å². The molecule has 0 saturated carbocycles. The second-order valence-corrected chi connectivity index (χ2v) is 7.27. The smallest absolute Gasteiger partial charge is 0.257 e. The van der Waals surface area contributed by atoms with Crippen molar-refractivity contribution in [3.05, 3.63) is 52.0 Å². The highest BCUT2D eigenvalue weighted by atomic mass is 79.9. The van der Waals surface area contributed by atoms with Crippen LogP contribution in [0.1, 0.15) is 18.1 Å². The Morgan fingerprint density at radius 3 is 2.96 bits per heavy atom. The molecular formula is C21H21BrN2O4. The predicted molar refractivity (Wildman–Crippen MR) is 108 cm³/mol. The Balaban J connectivity index is 1.53. The first-order chi connectivity index (χ1) is 13.6. The number of para-hydroxylation sites is 1. The van der Waals surface area contributed by atoms with Crippen LogP contribution in [0.5, 0.6) is 17.2 Å². The fourth-order valence-electron chi connectivity index (χ4n) is 3.00. The third-order valence-electron chi connectivity index (χ3n) is 4.33. The Bertz CT molecular complexity index is 894. The van der Waals surface area contributed by atoms with Crippen molar-refractivity contribution in [3.8, 4) is 23.3 Å². The summed E-state index contributed by atoms with van der Waals surface area (Å²) >= 11 is 3.37. The lowest BCUT2D eigenvalue weighted by atomic mass is 9.97. The standard InChI is InChI=1S/C21H21BrN2O4/c1-2-26-19-9-14(10-23)8-17(22)21(19)28-13-20(25)24-11-15-7-16-5-3-4-6-18(16)27-12-15/h3-6,8-9,15H,2,7,11-13H2,1H3,(H,24,25). The van der Waals surface area contributed by atoms with E-state index in [1.807, 2.05) is 31.2 Å². The average molecular weight is 445 g/mol. The van der Waals surface area contributed by atoms with E-state index in [-0.39, 0.29) is 18.4 Å². The quantitative estimate of drug-likeness (QED) is 0.706. The average Bonchev–Trinajstić information content (AvgIpc) is 2.71. The maximum Gasteiger partial charge on any atom is 0.257 e. The molecule has 6 nitrogen and oxygen atoms in total. The summed E-state index contributed by atoms with van der Waals surface area (Å²) in [7, 11) is 0. The summed E-state index contributed by atoms with van der Waals surface area (Å²) < 4.78 is 17.5. The fourth-order valence-corrected chi connectivity index (χ4v) is 3.56. The van der Waals surface area contributed by atoms with Gasteiger partial charge in [0.1, 0.15) is 5.75 Å². The number of hydrogen-bond donors (Lipinski definition) is 1. The van der Waals surface area contributed by atoms with Gasteiger partial charge in [-0.3, -0.25) is 4.79 Å². The number of ether oxygens (including phenoxy) is 3. The van der Waals surface area contributed by atoms with Gasteiger partial charge >= 0.3 is 0 Å². The van der Waals surface area contributed by atoms with Crippen LogP contribution in [0.25, 0.3) is 0 Å². The Hall–Kier alpha value is -2.72. The molecule has 1 unspecified atom stereocenters.